The molecule has 0 saturated carbocycles. The number of benzene rings is 2. The Bertz CT molecular complexity index is 1250. The summed E-state index contributed by atoms with van der Waals surface area (Å²) < 4.78 is 5.69. The zero-order chi connectivity index (χ0) is 20.0. The fraction of sp³-hybridized carbons (Fsp3) is 0.304. The van der Waals surface area contributed by atoms with Gasteiger partial charge in [0.15, 0.2) is 0 Å². The van der Waals surface area contributed by atoms with E-state index in [1.54, 1.807) is 0 Å². The van der Waals surface area contributed by atoms with Crippen LogP contribution in [-0.2, 0) is 6.54 Å². The lowest BCUT2D eigenvalue weighted by molar-refractivity contribution is 0.244. The van der Waals surface area contributed by atoms with Gasteiger partial charge in [0, 0.05) is 37.3 Å². The minimum Gasteiger partial charge on any atom is -0.449 e. The molecule has 4 aromatic rings. The van der Waals surface area contributed by atoms with E-state index in [1.807, 2.05) is 24.3 Å². The molecule has 148 valence electrons. The highest BCUT2D eigenvalue weighted by Crippen LogP contribution is 2.26. The average molecular weight is 388 g/mol. The van der Waals surface area contributed by atoms with Crippen molar-refractivity contribution in [3.05, 3.63) is 69.8 Å². The number of aromatic amines is 1. The van der Waals surface area contributed by atoms with Gasteiger partial charge >= 0.3 is 0 Å². The molecule has 0 spiro atoms. The molecule has 0 amide bonds. The van der Waals surface area contributed by atoms with Crippen LogP contribution in [0.1, 0.15) is 17.0 Å². The van der Waals surface area contributed by atoms with Crippen LogP contribution in [0.15, 0.2) is 51.7 Å². The summed E-state index contributed by atoms with van der Waals surface area (Å²) in [6.07, 6.45) is 0. The molecule has 2 aromatic heterocycles. The lowest BCUT2D eigenvalue weighted by Gasteiger charge is -2.36. The Morgan fingerprint density at radius 2 is 1.83 bits per heavy atom. The van der Waals surface area contributed by atoms with Crippen LogP contribution in [0.5, 0.6) is 0 Å². The number of anilines is 1. The number of piperazine rings is 1. The van der Waals surface area contributed by atoms with Gasteiger partial charge in [0.25, 0.3) is 5.56 Å². The molecule has 1 aliphatic heterocycles. The second-order valence-electron chi connectivity index (χ2n) is 7.77. The Balaban J connectivity index is 1.35. The Labute approximate surface area is 168 Å². The molecule has 0 unspecified atom stereocenters. The summed E-state index contributed by atoms with van der Waals surface area (Å²) in [7, 11) is 0. The van der Waals surface area contributed by atoms with Crippen molar-refractivity contribution < 1.29 is 4.42 Å². The van der Waals surface area contributed by atoms with Crippen molar-refractivity contribution in [3.8, 4) is 0 Å². The zero-order valence-electron chi connectivity index (χ0n) is 16.7. The summed E-state index contributed by atoms with van der Waals surface area (Å²) in [5.41, 5.74) is 5.43. The Kier molecular flexibility index (Phi) is 4.36. The summed E-state index contributed by atoms with van der Waals surface area (Å²) in [6.45, 7) is 8.77. The number of para-hydroxylation sites is 1. The quantitative estimate of drug-likeness (QED) is 0.581. The van der Waals surface area contributed by atoms with E-state index in [2.05, 4.69) is 46.8 Å². The van der Waals surface area contributed by atoms with Crippen LogP contribution in [0, 0.1) is 13.8 Å². The SMILES string of the molecule is Cc1cccc(N2CCN(Cc3nc4c(oc5ccccc54)c(=O)[nH]3)CC2)c1C. The molecule has 1 N–H and O–H groups in total. The summed E-state index contributed by atoms with van der Waals surface area (Å²) in [6, 6.07) is 14.1. The maximum absolute atomic E-state index is 12.5. The smallest absolute Gasteiger partial charge is 0.294 e. The Hall–Kier alpha value is -3.12. The van der Waals surface area contributed by atoms with Gasteiger partial charge in [-0.2, -0.15) is 0 Å². The summed E-state index contributed by atoms with van der Waals surface area (Å²) in [5, 5.41) is 0.884. The molecule has 6 heteroatoms. The van der Waals surface area contributed by atoms with E-state index in [9.17, 15) is 4.79 Å². The van der Waals surface area contributed by atoms with Gasteiger partial charge in [0.05, 0.1) is 6.54 Å². The van der Waals surface area contributed by atoms with E-state index in [0.717, 1.165) is 31.6 Å². The van der Waals surface area contributed by atoms with Crippen molar-refractivity contribution in [2.24, 2.45) is 0 Å². The Morgan fingerprint density at radius 1 is 1.03 bits per heavy atom. The molecule has 1 aliphatic rings. The molecule has 2 aromatic carbocycles. The molecule has 29 heavy (non-hydrogen) atoms. The molecule has 1 saturated heterocycles. The van der Waals surface area contributed by atoms with Gasteiger partial charge in [-0.25, -0.2) is 4.98 Å². The third kappa shape index (κ3) is 3.19. The predicted molar refractivity (Wildman–Crippen MR) is 116 cm³/mol. The van der Waals surface area contributed by atoms with Crippen molar-refractivity contribution in [2.45, 2.75) is 20.4 Å². The second-order valence-corrected chi connectivity index (χ2v) is 7.77. The molecule has 1 fully saturated rings. The number of rotatable bonds is 3. The molecular weight excluding hydrogens is 364 g/mol. The number of aromatic nitrogens is 2. The molecule has 0 atom stereocenters. The molecule has 0 bridgehead atoms. The van der Waals surface area contributed by atoms with Crippen molar-refractivity contribution in [3.63, 3.8) is 0 Å². The number of aryl methyl sites for hydroxylation is 1. The van der Waals surface area contributed by atoms with E-state index >= 15 is 0 Å². The maximum Gasteiger partial charge on any atom is 0.294 e. The van der Waals surface area contributed by atoms with Crippen LogP contribution in [0.25, 0.3) is 22.1 Å². The highest BCUT2D eigenvalue weighted by atomic mass is 16.3. The Morgan fingerprint density at radius 3 is 2.66 bits per heavy atom. The highest BCUT2D eigenvalue weighted by molar-refractivity contribution is 6.01. The first-order valence-corrected chi connectivity index (χ1v) is 10.0. The van der Waals surface area contributed by atoms with E-state index < -0.39 is 0 Å². The minimum absolute atomic E-state index is 0.213. The second kappa shape index (κ2) is 7.04. The highest BCUT2D eigenvalue weighted by Gasteiger charge is 2.20. The lowest BCUT2D eigenvalue weighted by Crippen LogP contribution is -2.46. The first-order chi connectivity index (χ1) is 14.1. The lowest BCUT2D eigenvalue weighted by atomic mass is 10.1. The number of nitrogens with zero attached hydrogens (tertiary/aromatic N) is 3. The summed E-state index contributed by atoms with van der Waals surface area (Å²) in [4.78, 5) is 24.9. The normalized spacial score (nSPS) is 15.4. The van der Waals surface area contributed by atoms with E-state index in [0.29, 0.717) is 29.1 Å². The summed E-state index contributed by atoms with van der Waals surface area (Å²) >= 11 is 0. The maximum atomic E-state index is 12.5. The number of furan rings is 1. The van der Waals surface area contributed by atoms with Crippen molar-refractivity contribution in [1.29, 1.82) is 0 Å². The van der Waals surface area contributed by atoms with Gasteiger partial charge in [-0.15, -0.1) is 0 Å². The number of nitrogens with one attached hydrogen (secondary N) is 1. The van der Waals surface area contributed by atoms with E-state index in [4.69, 9.17) is 9.40 Å². The van der Waals surface area contributed by atoms with Gasteiger partial charge in [0.2, 0.25) is 5.58 Å². The molecule has 5 rings (SSSR count). The van der Waals surface area contributed by atoms with Crippen molar-refractivity contribution in [1.82, 2.24) is 14.9 Å². The largest absolute Gasteiger partial charge is 0.449 e. The number of hydrogen-bond donors (Lipinski definition) is 1. The van der Waals surface area contributed by atoms with Gasteiger partial charge in [0.1, 0.15) is 16.9 Å². The average Bonchev–Trinajstić information content (AvgIpc) is 3.10. The van der Waals surface area contributed by atoms with E-state index in [-0.39, 0.29) is 5.56 Å². The summed E-state index contributed by atoms with van der Waals surface area (Å²) in [5.74, 6) is 0.689. The first kappa shape index (κ1) is 17.9. The van der Waals surface area contributed by atoms with Crippen LogP contribution in [0.4, 0.5) is 5.69 Å². The number of H-pyrrole nitrogens is 1. The predicted octanol–water partition coefficient (Wildman–Crippen LogP) is 3.61. The van der Waals surface area contributed by atoms with E-state index in [1.165, 1.54) is 16.8 Å². The number of hydrogen-bond acceptors (Lipinski definition) is 5. The standard InChI is InChI=1S/C23H24N4O2/c1-15-6-5-8-18(16(15)2)27-12-10-26(11-13-27)14-20-24-21-17-7-3-4-9-19(17)29-22(21)23(28)25-20/h3-9H,10-14H2,1-2H3,(H,24,25,28). The molecular formula is C23H24N4O2. The topological polar surface area (TPSA) is 65.4 Å². The third-order valence-electron chi connectivity index (χ3n) is 5.94. The van der Waals surface area contributed by atoms with Gasteiger partial charge in [-0.1, -0.05) is 24.3 Å². The minimum atomic E-state index is -0.213. The monoisotopic (exact) mass is 388 g/mol. The van der Waals surface area contributed by atoms with Gasteiger partial charge < -0.3 is 14.3 Å². The molecule has 3 heterocycles. The first-order valence-electron chi connectivity index (χ1n) is 10.0. The number of fused-ring (bicyclic) bond motifs is 3. The zero-order valence-corrected chi connectivity index (χ0v) is 16.7. The van der Waals surface area contributed by atoms with Gasteiger partial charge in [-0.3, -0.25) is 9.69 Å². The van der Waals surface area contributed by atoms with Crippen molar-refractivity contribution in [2.75, 3.05) is 31.1 Å². The van der Waals surface area contributed by atoms with Crippen LogP contribution >= 0.6 is 0 Å². The fourth-order valence-electron chi connectivity index (χ4n) is 4.16. The molecule has 0 radical (unpaired) electrons. The van der Waals surface area contributed by atoms with Crippen LogP contribution in [-0.4, -0.2) is 41.0 Å². The fourth-order valence-corrected chi connectivity index (χ4v) is 4.16. The molecule has 6 nitrogen and oxygen atoms in total. The third-order valence-corrected chi connectivity index (χ3v) is 5.94. The van der Waals surface area contributed by atoms with Gasteiger partial charge in [-0.05, 0) is 43.2 Å². The molecule has 0 aliphatic carbocycles. The van der Waals surface area contributed by atoms with Crippen LogP contribution in [0.2, 0.25) is 0 Å². The van der Waals surface area contributed by atoms with Crippen LogP contribution in [0.3, 0.4) is 0 Å². The van der Waals surface area contributed by atoms with Crippen molar-refractivity contribution >= 4 is 27.8 Å². The van der Waals surface area contributed by atoms with Crippen LogP contribution < -0.4 is 10.5 Å².